The lowest BCUT2D eigenvalue weighted by Gasteiger charge is -2.33. The van der Waals surface area contributed by atoms with Gasteiger partial charge in [-0.3, -0.25) is 9.59 Å². The van der Waals surface area contributed by atoms with Crippen LogP contribution >= 0.6 is 0 Å². The Kier molecular flexibility index (Phi) is 4.96. The Morgan fingerprint density at radius 2 is 2.00 bits per heavy atom. The van der Waals surface area contributed by atoms with E-state index in [-0.39, 0.29) is 36.9 Å². The Hall–Kier alpha value is -1.88. The summed E-state index contributed by atoms with van der Waals surface area (Å²) in [5.74, 6) is -0.00125. The molecule has 5 heteroatoms. The van der Waals surface area contributed by atoms with E-state index in [1.54, 1.807) is 4.90 Å². The summed E-state index contributed by atoms with van der Waals surface area (Å²) in [7, 11) is 0. The molecule has 1 aromatic rings. The van der Waals surface area contributed by atoms with Gasteiger partial charge in [0.15, 0.2) is 0 Å². The molecule has 0 bridgehead atoms. The number of aryl methyl sites for hydroxylation is 1. The number of carbonyl (C=O) groups is 2. The number of benzene rings is 1. The average molecular weight is 316 g/mol. The molecule has 0 saturated heterocycles. The van der Waals surface area contributed by atoms with Crippen molar-refractivity contribution in [3.8, 4) is 0 Å². The molecule has 2 unspecified atom stereocenters. The first-order valence-electron chi connectivity index (χ1n) is 8.47. The van der Waals surface area contributed by atoms with Gasteiger partial charge in [-0.05, 0) is 30.9 Å². The van der Waals surface area contributed by atoms with Crippen molar-refractivity contribution in [2.24, 2.45) is 5.92 Å². The molecule has 2 atom stereocenters. The fourth-order valence-electron chi connectivity index (χ4n) is 3.68. The maximum atomic E-state index is 12.4. The van der Waals surface area contributed by atoms with Crippen LogP contribution in [0.25, 0.3) is 0 Å². The highest BCUT2D eigenvalue weighted by Gasteiger charge is 2.29. The number of aliphatic hydroxyl groups is 1. The van der Waals surface area contributed by atoms with Gasteiger partial charge < -0.3 is 15.3 Å². The van der Waals surface area contributed by atoms with Gasteiger partial charge in [-0.2, -0.15) is 0 Å². The fraction of sp³-hybridized carbons (Fsp3) is 0.556. The van der Waals surface area contributed by atoms with E-state index >= 15 is 0 Å². The lowest BCUT2D eigenvalue weighted by molar-refractivity contribution is -0.125. The van der Waals surface area contributed by atoms with Crippen molar-refractivity contribution in [1.82, 2.24) is 5.32 Å². The van der Waals surface area contributed by atoms with Crippen LogP contribution in [0.2, 0.25) is 0 Å². The largest absolute Gasteiger partial charge is 0.396 e. The van der Waals surface area contributed by atoms with Crippen molar-refractivity contribution in [2.75, 3.05) is 18.1 Å². The molecule has 0 radical (unpaired) electrons. The second-order valence-corrected chi connectivity index (χ2v) is 6.51. The fourth-order valence-corrected chi connectivity index (χ4v) is 3.68. The number of hydrogen-bond donors (Lipinski definition) is 2. The number of nitrogens with zero attached hydrogens (tertiary/aromatic N) is 1. The maximum Gasteiger partial charge on any atom is 0.240 e. The monoisotopic (exact) mass is 316 g/mol. The summed E-state index contributed by atoms with van der Waals surface area (Å²) in [6, 6.07) is 7.79. The molecule has 1 aliphatic heterocycles. The molecule has 1 aromatic carbocycles. The van der Waals surface area contributed by atoms with Crippen LogP contribution in [0.1, 0.15) is 37.7 Å². The third-order valence-electron chi connectivity index (χ3n) is 4.98. The minimum atomic E-state index is -0.139. The predicted octanol–water partition coefficient (Wildman–Crippen LogP) is 1.63. The third kappa shape index (κ3) is 3.55. The SMILES string of the molecule is O=C(CN1C(=O)CCc2ccccc21)NC1CCCCC1CO. The van der Waals surface area contributed by atoms with Gasteiger partial charge in [0, 0.05) is 30.7 Å². The molecular formula is C18H24N2O3. The second kappa shape index (κ2) is 7.13. The smallest absolute Gasteiger partial charge is 0.240 e. The zero-order valence-corrected chi connectivity index (χ0v) is 13.3. The van der Waals surface area contributed by atoms with Crippen molar-refractivity contribution < 1.29 is 14.7 Å². The van der Waals surface area contributed by atoms with Crippen LogP contribution in [0.3, 0.4) is 0 Å². The zero-order valence-electron chi connectivity index (χ0n) is 13.3. The van der Waals surface area contributed by atoms with Crippen LogP contribution < -0.4 is 10.2 Å². The molecule has 1 heterocycles. The first-order chi connectivity index (χ1) is 11.2. The molecule has 2 amide bonds. The molecule has 5 nitrogen and oxygen atoms in total. The highest BCUT2D eigenvalue weighted by molar-refractivity contribution is 6.01. The number of fused-ring (bicyclic) bond motifs is 1. The summed E-state index contributed by atoms with van der Waals surface area (Å²) in [6.07, 6.45) is 5.23. The van der Waals surface area contributed by atoms with Gasteiger partial charge in [0.1, 0.15) is 6.54 Å². The van der Waals surface area contributed by atoms with E-state index in [0.717, 1.165) is 43.4 Å². The molecule has 2 aliphatic rings. The maximum absolute atomic E-state index is 12.4. The highest BCUT2D eigenvalue weighted by atomic mass is 16.3. The molecule has 1 aliphatic carbocycles. The molecular weight excluding hydrogens is 292 g/mol. The van der Waals surface area contributed by atoms with Crippen LogP contribution in [0.5, 0.6) is 0 Å². The van der Waals surface area contributed by atoms with Gasteiger partial charge in [-0.1, -0.05) is 31.0 Å². The summed E-state index contributed by atoms with van der Waals surface area (Å²) >= 11 is 0. The molecule has 0 aromatic heterocycles. The number of hydrogen-bond acceptors (Lipinski definition) is 3. The summed E-state index contributed by atoms with van der Waals surface area (Å²) in [4.78, 5) is 26.2. The van der Waals surface area contributed by atoms with E-state index in [9.17, 15) is 14.7 Å². The zero-order chi connectivity index (χ0) is 16.2. The van der Waals surface area contributed by atoms with Crippen molar-refractivity contribution in [3.63, 3.8) is 0 Å². The van der Waals surface area contributed by atoms with Crippen molar-refractivity contribution >= 4 is 17.5 Å². The normalized spacial score (nSPS) is 24.2. The van der Waals surface area contributed by atoms with E-state index in [0.29, 0.717) is 6.42 Å². The number of para-hydroxylation sites is 1. The minimum Gasteiger partial charge on any atom is -0.396 e. The molecule has 0 spiro atoms. The quantitative estimate of drug-likeness (QED) is 0.887. The van der Waals surface area contributed by atoms with E-state index < -0.39 is 0 Å². The lowest BCUT2D eigenvalue weighted by atomic mass is 9.85. The van der Waals surface area contributed by atoms with E-state index in [1.807, 2.05) is 24.3 Å². The van der Waals surface area contributed by atoms with Crippen LogP contribution in [-0.2, 0) is 16.0 Å². The van der Waals surface area contributed by atoms with E-state index in [2.05, 4.69) is 5.32 Å². The lowest BCUT2D eigenvalue weighted by Crippen LogP contribution is -2.49. The Morgan fingerprint density at radius 3 is 2.83 bits per heavy atom. The Bertz CT molecular complexity index is 587. The average Bonchev–Trinajstić information content (AvgIpc) is 2.58. The van der Waals surface area contributed by atoms with Gasteiger partial charge in [-0.25, -0.2) is 0 Å². The van der Waals surface area contributed by atoms with Gasteiger partial charge in [-0.15, -0.1) is 0 Å². The van der Waals surface area contributed by atoms with Crippen LogP contribution in [0.15, 0.2) is 24.3 Å². The molecule has 3 rings (SSSR count). The van der Waals surface area contributed by atoms with Gasteiger partial charge in [0.25, 0.3) is 0 Å². The van der Waals surface area contributed by atoms with Crippen LogP contribution in [0.4, 0.5) is 5.69 Å². The Morgan fingerprint density at radius 1 is 1.22 bits per heavy atom. The molecule has 1 fully saturated rings. The minimum absolute atomic E-state index is 0.00111. The number of nitrogens with one attached hydrogen (secondary N) is 1. The van der Waals surface area contributed by atoms with E-state index in [4.69, 9.17) is 0 Å². The summed E-state index contributed by atoms with van der Waals surface area (Å²) in [5.41, 5.74) is 1.96. The Balaban J connectivity index is 1.66. The van der Waals surface area contributed by atoms with E-state index in [1.165, 1.54) is 0 Å². The summed E-state index contributed by atoms with van der Waals surface area (Å²) in [5, 5.41) is 12.5. The third-order valence-corrected chi connectivity index (χ3v) is 4.98. The van der Waals surface area contributed by atoms with Crippen molar-refractivity contribution in [2.45, 2.75) is 44.6 Å². The van der Waals surface area contributed by atoms with Crippen LogP contribution in [0, 0.1) is 5.92 Å². The number of amides is 2. The molecule has 2 N–H and O–H groups in total. The van der Waals surface area contributed by atoms with Crippen molar-refractivity contribution in [1.29, 1.82) is 0 Å². The molecule has 124 valence electrons. The number of carbonyl (C=O) groups excluding carboxylic acids is 2. The standard InChI is InChI=1S/C18H24N2O3/c21-12-14-6-1-3-7-15(14)19-17(22)11-20-16-8-4-2-5-13(16)9-10-18(20)23/h2,4-5,8,14-15,21H,1,3,6-7,9-12H2,(H,19,22). The topological polar surface area (TPSA) is 69.6 Å². The highest BCUT2D eigenvalue weighted by Crippen LogP contribution is 2.27. The van der Waals surface area contributed by atoms with Gasteiger partial charge >= 0.3 is 0 Å². The molecule has 1 saturated carbocycles. The molecule has 23 heavy (non-hydrogen) atoms. The summed E-state index contributed by atoms with van der Waals surface area (Å²) in [6.45, 7) is 0.168. The van der Waals surface area contributed by atoms with Gasteiger partial charge in [0.2, 0.25) is 11.8 Å². The first kappa shape index (κ1) is 16.0. The van der Waals surface area contributed by atoms with Crippen molar-refractivity contribution in [3.05, 3.63) is 29.8 Å². The first-order valence-corrected chi connectivity index (χ1v) is 8.47. The van der Waals surface area contributed by atoms with Gasteiger partial charge in [0.05, 0.1) is 0 Å². The number of aliphatic hydroxyl groups excluding tert-OH is 1. The summed E-state index contributed by atoms with van der Waals surface area (Å²) < 4.78 is 0. The number of rotatable bonds is 4. The number of anilines is 1. The second-order valence-electron chi connectivity index (χ2n) is 6.51. The van der Waals surface area contributed by atoms with Crippen LogP contribution in [-0.4, -0.2) is 36.1 Å². The Labute approximate surface area is 136 Å². The predicted molar refractivity (Wildman–Crippen MR) is 88.1 cm³/mol.